The fraction of sp³-hybridized carbons (Fsp3) is 0.318. The minimum atomic E-state index is -0.118. The van der Waals surface area contributed by atoms with Crippen molar-refractivity contribution in [2.45, 2.75) is 13.5 Å². The van der Waals surface area contributed by atoms with Gasteiger partial charge in [-0.3, -0.25) is 14.7 Å². The Hall–Kier alpha value is -2.61. The lowest BCUT2D eigenvalue weighted by Crippen LogP contribution is -2.43. The van der Waals surface area contributed by atoms with Crippen LogP contribution in [0.3, 0.4) is 0 Å². The van der Waals surface area contributed by atoms with E-state index in [0.29, 0.717) is 4.88 Å². The minimum absolute atomic E-state index is 0.118. The summed E-state index contributed by atoms with van der Waals surface area (Å²) in [5, 5.41) is 3.87. The van der Waals surface area contributed by atoms with Crippen molar-refractivity contribution < 1.29 is 4.79 Å². The molecule has 0 spiro atoms. The summed E-state index contributed by atoms with van der Waals surface area (Å²) in [6.45, 7) is 6.94. The van der Waals surface area contributed by atoms with Gasteiger partial charge in [-0.05, 0) is 37.7 Å². The van der Waals surface area contributed by atoms with Crippen LogP contribution in [0.1, 0.15) is 20.9 Å². The number of benzene rings is 1. The molecule has 4 rings (SSSR count). The number of piperazine rings is 1. The molecule has 2 aromatic heterocycles. The second-order valence-electron chi connectivity index (χ2n) is 7.34. The van der Waals surface area contributed by atoms with Gasteiger partial charge in [-0.15, -0.1) is 11.3 Å². The molecule has 1 N–H and O–H groups in total. The Morgan fingerprint density at radius 3 is 2.62 bits per heavy atom. The molecule has 0 aliphatic carbocycles. The number of para-hydroxylation sites is 1. The number of thiazole rings is 1. The number of hydrogen-bond donors (Lipinski definition) is 1. The highest BCUT2D eigenvalue weighted by molar-refractivity contribution is 7.17. The number of carbonyl (C=O) groups excluding carboxylic acids is 1. The SMILES string of the molecule is Cc1nc(-c2ccccn2)sc1C(=O)Nc1ccccc1CN1CCN(C)CC1. The Kier molecular flexibility index (Phi) is 5.99. The van der Waals surface area contributed by atoms with E-state index in [1.54, 1.807) is 6.20 Å². The molecule has 29 heavy (non-hydrogen) atoms. The van der Waals surface area contributed by atoms with E-state index in [4.69, 9.17) is 0 Å². The van der Waals surface area contributed by atoms with Crippen molar-refractivity contribution >= 4 is 22.9 Å². The van der Waals surface area contributed by atoms with Crippen LogP contribution >= 0.6 is 11.3 Å². The van der Waals surface area contributed by atoms with Gasteiger partial charge in [0, 0.05) is 44.6 Å². The summed E-state index contributed by atoms with van der Waals surface area (Å²) in [4.78, 5) is 27.3. The second-order valence-corrected chi connectivity index (χ2v) is 8.34. The van der Waals surface area contributed by atoms with Crippen LogP contribution in [-0.2, 0) is 6.54 Å². The molecule has 0 unspecified atom stereocenters. The van der Waals surface area contributed by atoms with Crippen LogP contribution in [0, 0.1) is 6.92 Å². The van der Waals surface area contributed by atoms with Gasteiger partial charge in [0.25, 0.3) is 5.91 Å². The van der Waals surface area contributed by atoms with Gasteiger partial charge in [-0.2, -0.15) is 0 Å². The van der Waals surface area contributed by atoms with Crippen molar-refractivity contribution in [3.63, 3.8) is 0 Å². The van der Waals surface area contributed by atoms with Crippen LogP contribution in [-0.4, -0.2) is 58.9 Å². The van der Waals surface area contributed by atoms with Crippen LogP contribution in [0.4, 0.5) is 5.69 Å². The summed E-state index contributed by atoms with van der Waals surface area (Å²) in [6, 6.07) is 13.7. The molecule has 1 amide bonds. The minimum Gasteiger partial charge on any atom is -0.321 e. The molecule has 7 heteroatoms. The number of nitrogens with one attached hydrogen (secondary N) is 1. The van der Waals surface area contributed by atoms with Gasteiger partial charge in [0.2, 0.25) is 0 Å². The second kappa shape index (κ2) is 8.82. The number of hydrogen-bond acceptors (Lipinski definition) is 6. The quantitative estimate of drug-likeness (QED) is 0.701. The molecule has 0 saturated carbocycles. The normalized spacial score (nSPS) is 15.4. The van der Waals surface area contributed by atoms with Gasteiger partial charge in [-0.1, -0.05) is 24.3 Å². The Bertz CT molecular complexity index is 980. The molecular formula is C22H25N5OS. The van der Waals surface area contributed by atoms with Crippen LogP contribution in [0.5, 0.6) is 0 Å². The summed E-state index contributed by atoms with van der Waals surface area (Å²) in [6.07, 6.45) is 1.74. The lowest BCUT2D eigenvalue weighted by atomic mass is 10.1. The van der Waals surface area contributed by atoms with Gasteiger partial charge in [-0.25, -0.2) is 4.98 Å². The zero-order chi connectivity index (χ0) is 20.2. The number of anilines is 1. The molecule has 3 aromatic rings. The lowest BCUT2D eigenvalue weighted by Gasteiger charge is -2.32. The molecule has 0 atom stereocenters. The summed E-state index contributed by atoms with van der Waals surface area (Å²) >= 11 is 1.38. The predicted octanol–water partition coefficient (Wildman–Crippen LogP) is 3.51. The highest BCUT2D eigenvalue weighted by atomic mass is 32.1. The van der Waals surface area contributed by atoms with Gasteiger partial charge in [0.15, 0.2) is 0 Å². The van der Waals surface area contributed by atoms with Gasteiger partial charge >= 0.3 is 0 Å². The van der Waals surface area contributed by atoms with Crippen molar-refractivity contribution in [2.75, 3.05) is 38.5 Å². The van der Waals surface area contributed by atoms with E-state index < -0.39 is 0 Å². The molecule has 3 heterocycles. The first-order valence-electron chi connectivity index (χ1n) is 9.79. The van der Waals surface area contributed by atoms with Crippen LogP contribution in [0.15, 0.2) is 48.7 Å². The Labute approximate surface area is 175 Å². The summed E-state index contributed by atoms with van der Waals surface area (Å²) in [5.74, 6) is -0.118. The van der Waals surface area contributed by atoms with Gasteiger partial charge in [0.05, 0.1) is 11.4 Å². The Morgan fingerprint density at radius 1 is 1.10 bits per heavy atom. The number of amides is 1. The Balaban J connectivity index is 1.50. The largest absolute Gasteiger partial charge is 0.321 e. The van der Waals surface area contributed by atoms with Crippen molar-refractivity contribution in [3.05, 3.63) is 64.8 Å². The van der Waals surface area contributed by atoms with E-state index >= 15 is 0 Å². The van der Waals surface area contributed by atoms with Crippen LogP contribution in [0.2, 0.25) is 0 Å². The zero-order valence-corrected chi connectivity index (χ0v) is 17.6. The monoisotopic (exact) mass is 407 g/mol. The topological polar surface area (TPSA) is 61.4 Å². The van der Waals surface area contributed by atoms with Crippen LogP contribution in [0.25, 0.3) is 10.7 Å². The maximum atomic E-state index is 13.0. The third-order valence-electron chi connectivity index (χ3n) is 5.14. The fourth-order valence-corrected chi connectivity index (χ4v) is 4.35. The molecule has 1 saturated heterocycles. The van der Waals surface area contributed by atoms with Crippen molar-refractivity contribution in [1.82, 2.24) is 19.8 Å². The first-order chi connectivity index (χ1) is 14.1. The number of aryl methyl sites for hydroxylation is 1. The summed E-state index contributed by atoms with van der Waals surface area (Å²) in [5.41, 5.74) is 3.51. The van der Waals surface area contributed by atoms with Gasteiger partial charge in [0.1, 0.15) is 9.88 Å². The Morgan fingerprint density at radius 2 is 1.86 bits per heavy atom. The highest BCUT2D eigenvalue weighted by Crippen LogP contribution is 2.28. The maximum Gasteiger partial charge on any atom is 0.267 e. The molecule has 1 fully saturated rings. The molecule has 1 aliphatic heterocycles. The molecular weight excluding hydrogens is 382 g/mol. The standard InChI is InChI=1S/C22H25N5OS/c1-16-20(29-22(24-16)19-9-5-6-10-23-19)21(28)25-18-8-4-3-7-17(18)15-27-13-11-26(2)12-14-27/h3-10H,11-15H2,1-2H3,(H,25,28). The summed E-state index contributed by atoms with van der Waals surface area (Å²) < 4.78 is 0. The van der Waals surface area contributed by atoms with Crippen molar-refractivity contribution in [2.24, 2.45) is 0 Å². The zero-order valence-electron chi connectivity index (χ0n) is 16.8. The molecule has 1 aromatic carbocycles. The smallest absolute Gasteiger partial charge is 0.267 e. The maximum absolute atomic E-state index is 13.0. The number of nitrogens with zero attached hydrogens (tertiary/aromatic N) is 4. The lowest BCUT2D eigenvalue weighted by molar-refractivity contribution is 0.102. The van der Waals surface area contributed by atoms with E-state index in [-0.39, 0.29) is 5.91 Å². The first-order valence-corrected chi connectivity index (χ1v) is 10.6. The third-order valence-corrected chi connectivity index (χ3v) is 6.32. The first kappa shape index (κ1) is 19.7. The average Bonchev–Trinajstić information content (AvgIpc) is 3.13. The van der Waals surface area contributed by atoms with E-state index in [1.165, 1.54) is 11.3 Å². The van der Waals surface area contributed by atoms with E-state index in [9.17, 15) is 4.79 Å². The van der Waals surface area contributed by atoms with Crippen molar-refractivity contribution in [1.29, 1.82) is 0 Å². The number of carbonyl (C=O) groups is 1. The molecule has 0 bridgehead atoms. The third kappa shape index (κ3) is 4.70. The number of pyridine rings is 1. The van der Waals surface area contributed by atoms with Gasteiger partial charge < -0.3 is 10.2 Å². The van der Waals surface area contributed by atoms with E-state index in [2.05, 4.69) is 38.2 Å². The van der Waals surface area contributed by atoms with Crippen molar-refractivity contribution in [3.8, 4) is 10.7 Å². The number of aromatic nitrogens is 2. The van der Waals surface area contributed by atoms with E-state index in [1.807, 2.05) is 43.3 Å². The number of rotatable bonds is 5. The molecule has 0 radical (unpaired) electrons. The predicted molar refractivity (Wildman–Crippen MR) is 117 cm³/mol. The van der Waals surface area contributed by atoms with E-state index in [0.717, 1.165) is 60.4 Å². The molecule has 1 aliphatic rings. The highest BCUT2D eigenvalue weighted by Gasteiger charge is 2.19. The van der Waals surface area contributed by atoms with Crippen LogP contribution < -0.4 is 5.32 Å². The molecule has 150 valence electrons. The average molecular weight is 408 g/mol. The fourth-order valence-electron chi connectivity index (χ4n) is 3.41. The summed E-state index contributed by atoms with van der Waals surface area (Å²) in [7, 11) is 2.15. The molecule has 6 nitrogen and oxygen atoms in total. The number of likely N-dealkylation sites (N-methyl/N-ethyl adjacent to an activating group) is 1.